The van der Waals surface area contributed by atoms with Crippen molar-refractivity contribution in [1.29, 1.82) is 0 Å². The first kappa shape index (κ1) is 16.3. The molecule has 114 valence electrons. The number of aliphatic carboxylic acids is 1. The minimum absolute atomic E-state index is 0.248. The monoisotopic (exact) mass is 285 g/mol. The van der Waals surface area contributed by atoms with Crippen LogP contribution < -0.4 is 11.1 Å². The van der Waals surface area contributed by atoms with Crippen LogP contribution >= 0.6 is 0 Å². The zero-order valence-corrected chi connectivity index (χ0v) is 12.2. The molecule has 1 fully saturated rings. The van der Waals surface area contributed by atoms with Crippen LogP contribution in [0.5, 0.6) is 0 Å². The molecular weight excluding hydrogens is 262 g/mol. The number of carbonyl (C=O) groups excluding carboxylic acids is 2. The van der Waals surface area contributed by atoms with Crippen LogP contribution in [0, 0.1) is 11.3 Å². The Morgan fingerprint density at radius 3 is 2.40 bits per heavy atom. The summed E-state index contributed by atoms with van der Waals surface area (Å²) in [5.74, 6) is -1.80. The Hall–Kier alpha value is -1.79. The van der Waals surface area contributed by atoms with Crippen molar-refractivity contribution in [2.75, 3.05) is 13.1 Å². The van der Waals surface area contributed by atoms with Gasteiger partial charge in [0.05, 0.1) is 5.92 Å². The van der Waals surface area contributed by atoms with Crippen LogP contribution in [-0.4, -0.2) is 47.0 Å². The first-order valence-corrected chi connectivity index (χ1v) is 6.70. The third kappa shape index (κ3) is 4.11. The van der Waals surface area contributed by atoms with Crippen molar-refractivity contribution in [3.63, 3.8) is 0 Å². The van der Waals surface area contributed by atoms with E-state index in [-0.39, 0.29) is 12.5 Å². The molecule has 1 aliphatic rings. The van der Waals surface area contributed by atoms with Gasteiger partial charge in [-0.05, 0) is 18.3 Å². The van der Waals surface area contributed by atoms with Crippen molar-refractivity contribution < 1.29 is 19.5 Å². The highest BCUT2D eigenvalue weighted by Crippen LogP contribution is 2.22. The Bertz CT molecular complexity index is 403. The Balaban J connectivity index is 2.70. The summed E-state index contributed by atoms with van der Waals surface area (Å²) in [4.78, 5) is 36.0. The standard InChI is InChI=1S/C13H23N3O4/c1-13(2,3)9(11(18)19)15-10(17)8-5-4-6-16(7-8)12(14)20/h8-9H,4-7H2,1-3H3,(H2,14,20)(H,15,17)(H,18,19). The Morgan fingerprint density at radius 2 is 1.95 bits per heavy atom. The van der Waals surface area contributed by atoms with E-state index < -0.39 is 29.4 Å². The van der Waals surface area contributed by atoms with E-state index in [0.29, 0.717) is 19.4 Å². The summed E-state index contributed by atoms with van der Waals surface area (Å²) < 4.78 is 0. The second kappa shape index (κ2) is 6.11. The maximum Gasteiger partial charge on any atom is 0.326 e. The van der Waals surface area contributed by atoms with E-state index in [4.69, 9.17) is 5.73 Å². The second-order valence-electron chi connectivity index (χ2n) is 6.27. The number of rotatable bonds is 3. The van der Waals surface area contributed by atoms with Crippen LogP contribution in [0.25, 0.3) is 0 Å². The maximum atomic E-state index is 12.2. The van der Waals surface area contributed by atoms with Crippen molar-refractivity contribution in [3.05, 3.63) is 0 Å². The van der Waals surface area contributed by atoms with Crippen LogP contribution in [0.2, 0.25) is 0 Å². The Kier molecular flexibility index (Phi) is 4.97. The summed E-state index contributed by atoms with van der Waals surface area (Å²) >= 11 is 0. The molecule has 0 aromatic heterocycles. The lowest BCUT2D eigenvalue weighted by molar-refractivity contribution is -0.145. The van der Waals surface area contributed by atoms with Crippen LogP contribution in [-0.2, 0) is 9.59 Å². The number of nitrogens with one attached hydrogen (secondary N) is 1. The van der Waals surface area contributed by atoms with Gasteiger partial charge >= 0.3 is 12.0 Å². The van der Waals surface area contributed by atoms with Crippen molar-refractivity contribution in [3.8, 4) is 0 Å². The molecule has 0 aromatic carbocycles. The number of nitrogens with zero attached hydrogens (tertiary/aromatic N) is 1. The van der Waals surface area contributed by atoms with Gasteiger partial charge in [0.25, 0.3) is 0 Å². The molecular formula is C13H23N3O4. The average molecular weight is 285 g/mol. The van der Waals surface area contributed by atoms with E-state index in [1.165, 1.54) is 4.90 Å². The molecule has 2 unspecified atom stereocenters. The van der Waals surface area contributed by atoms with Gasteiger partial charge in [-0.3, -0.25) is 4.79 Å². The second-order valence-corrected chi connectivity index (χ2v) is 6.27. The zero-order chi connectivity index (χ0) is 15.5. The maximum absolute atomic E-state index is 12.2. The molecule has 7 nitrogen and oxygen atoms in total. The Morgan fingerprint density at radius 1 is 1.35 bits per heavy atom. The molecule has 2 atom stereocenters. The van der Waals surface area contributed by atoms with Crippen LogP contribution in [0.15, 0.2) is 0 Å². The summed E-state index contributed by atoms with van der Waals surface area (Å²) in [6.07, 6.45) is 1.32. The number of carboxylic acid groups (broad SMARTS) is 1. The van der Waals surface area contributed by atoms with Crippen molar-refractivity contribution in [1.82, 2.24) is 10.2 Å². The predicted octanol–water partition coefficient (Wildman–Crippen LogP) is 0.393. The van der Waals surface area contributed by atoms with Gasteiger partial charge in [-0.1, -0.05) is 20.8 Å². The van der Waals surface area contributed by atoms with Gasteiger partial charge in [-0.2, -0.15) is 0 Å². The quantitative estimate of drug-likeness (QED) is 0.696. The van der Waals surface area contributed by atoms with Gasteiger partial charge in [-0.25, -0.2) is 9.59 Å². The number of nitrogens with two attached hydrogens (primary N) is 1. The van der Waals surface area contributed by atoms with Gasteiger partial charge in [0.15, 0.2) is 0 Å². The number of carbonyl (C=O) groups is 3. The van der Waals surface area contributed by atoms with Crippen molar-refractivity contribution in [2.45, 2.75) is 39.7 Å². The molecule has 0 saturated carbocycles. The number of likely N-dealkylation sites (tertiary alicyclic amines) is 1. The van der Waals surface area contributed by atoms with E-state index in [1.807, 2.05) is 0 Å². The third-order valence-corrected chi connectivity index (χ3v) is 3.50. The normalized spacial score (nSPS) is 21.1. The highest BCUT2D eigenvalue weighted by molar-refractivity contribution is 5.86. The number of carboxylic acids is 1. The van der Waals surface area contributed by atoms with Gasteiger partial charge < -0.3 is 21.1 Å². The lowest BCUT2D eigenvalue weighted by Gasteiger charge is -2.33. The number of urea groups is 1. The summed E-state index contributed by atoms with van der Waals surface area (Å²) in [5.41, 5.74) is 4.63. The first-order valence-electron chi connectivity index (χ1n) is 6.70. The molecule has 0 bridgehead atoms. The summed E-state index contributed by atoms with van der Waals surface area (Å²) in [6, 6.07) is -1.51. The van der Waals surface area contributed by atoms with E-state index >= 15 is 0 Å². The molecule has 0 aliphatic carbocycles. The van der Waals surface area contributed by atoms with Gasteiger partial charge in [0.2, 0.25) is 5.91 Å². The summed E-state index contributed by atoms with van der Waals surface area (Å²) in [6.45, 7) is 6.05. The lowest BCUT2D eigenvalue weighted by Crippen LogP contribution is -2.53. The molecule has 7 heteroatoms. The predicted molar refractivity (Wildman–Crippen MR) is 72.9 cm³/mol. The molecule has 1 saturated heterocycles. The van der Waals surface area contributed by atoms with Crippen LogP contribution in [0.3, 0.4) is 0 Å². The lowest BCUT2D eigenvalue weighted by atomic mass is 9.86. The summed E-state index contributed by atoms with van der Waals surface area (Å²) in [5, 5.41) is 11.8. The number of hydrogen-bond donors (Lipinski definition) is 3. The number of hydrogen-bond acceptors (Lipinski definition) is 3. The molecule has 0 aromatic rings. The molecule has 20 heavy (non-hydrogen) atoms. The van der Waals surface area contributed by atoms with Crippen LogP contribution in [0.4, 0.5) is 4.79 Å². The van der Waals surface area contributed by atoms with E-state index in [1.54, 1.807) is 20.8 Å². The largest absolute Gasteiger partial charge is 0.480 e. The molecule has 3 amide bonds. The first-order chi connectivity index (χ1) is 9.12. The number of piperidine rings is 1. The topological polar surface area (TPSA) is 113 Å². The molecule has 1 rings (SSSR count). The van der Waals surface area contributed by atoms with E-state index in [2.05, 4.69) is 5.32 Å². The van der Waals surface area contributed by atoms with Crippen molar-refractivity contribution in [2.24, 2.45) is 17.1 Å². The fraction of sp³-hybridized carbons (Fsp3) is 0.769. The highest BCUT2D eigenvalue weighted by atomic mass is 16.4. The third-order valence-electron chi connectivity index (χ3n) is 3.50. The number of primary amides is 1. The van der Waals surface area contributed by atoms with Gasteiger partial charge in [0.1, 0.15) is 6.04 Å². The molecule has 0 radical (unpaired) electrons. The van der Waals surface area contributed by atoms with Crippen molar-refractivity contribution >= 4 is 17.9 Å². The fourth-order valence-electron chi connectivity index (χ4n) is 2.30. The molecule has 0 spiro atoms. The van der Waals surface area contributed by atoms with Crippen LogP contribution in [0.1, 0.15) is 33.6 Å². The van der Waals surface area contributed by atoms with Gasteiger partial charge in [-0.15, -0.1) is 0 Å². The highest BCUT2D eigenvalue weighted by Gasteiger charge is 2.35. The minimum Gasteiger partial charge on any atom is -0.480 e. The fourth-order valence-corrected chi connectivity index (χ4v) is 2.30. The Labute approximate surface area is 118 Å². The zero-order valence-electron chi connectivity index (χ0n) is 12.2. The molecule has 1 aliphatic heterocycles. The van der Waals surface area contributed by atoms with Gasteiger partial charge in [0, 0.05) is 13.1 Å². The van der Waals surface area contributed by atoms with E-state index in [9.17, 15) is 19.5 Å². The summed E-state index contributed by atoms with van der Waals surface area (Å²) in [7, 11) is 0. The smallest absolute Gasteiger partial charge is 0.326 e. The minimum atomic E-state index is -1.06. The average Bonchev–Trinajstić information content (AvgIpc) is 2.33. The van der Waals surface area contributed by atoms with E-state index in [0.717, 1.165) is 0 Å². The number of amides is 3. The molecule has 4 N–H and O–H groups in total. The SMILES string of the molecule is CC(C)(C)C(NC(=O)C1CCCN(C(N)=O)C1)C(=O)O. The molecule has 1 heterocycles.